The number of hydrogen-bond acceptors (Lipinski definition) is 5. The Morgan fingerprint density at radius 2 is 1.89 bits per heavy atom. The number of ether oxygens (including phenoxy) is 1. The zero-order valence-electron chi connectivity index (χ0n) is 19.0. The van der Waals surface area contributed by atoms with Gasteiger partial charge in [0.1, 0.15) is 29.8 Å². The molecule has 0 fully saturated rings. The van der Waals surface area contributed by atoms with Crippen LogP contribution in [0.3, 0.4) is 0 Å². The molecule has 0 bridgehead atoms. The fourth-order valence-electron chi connectivity index (χ4n) is 4.18. The van der Waals surface area contributed by atoms with Crippen LogP contribution in [0.15, 0.2) is 67.1 Å². The highest BCUT2D eigenvalue weighted by atomic mass is 19.4. The van der Waals surface area contributed by atoms with Crippen LogP contribution in [0.1, 0.15) is 18.0 Å². The summed E-state index contributed by atoms with van der Waals surface area (Å²) >= 11 is 0. The number of amides is 1. The Morgan fingerprint density at radius 1 is 1.05 bits per heavy atom. The molecule has 0 spiro atoms. The van der Waals surface area contributed by atoms with Gasteiger partial charge in [0.15, 0.2) is 11.6 Å². The first-order valence-corrected chi connectivity index (χ1v) is 11.1. The zero-order valence-corrected chi connectivity index (χ0v) is 19.0. The van der Waals surface area contributed by atoms with Crippen LogP contribution < -0.4 is 9.64 Å². The van der Waals surface area contributed by atoms with Crippen LogP contribution in [0.4, 0.5) is 27.6 Å². The zero-order chi connectivity index (χ0) is 26.2. The van der Waals surface area contributed by atoms with Gasteiger partial charge in [-0.3, -0.25) is 9.78 Å². The SMILES string of the molecule is O=C1C(n2cc(-c3ccc(Oc4cccnc4)c(F)c3)nn2)CCc2c(F)cccc2N1CC(F)(F)F. The number of anilines is 1. The standard InChI is InChI=1S/C25H18F5N5O2/c26-18-4-1-5-21-17(18)7-8-22(24(36)34(21)14-25(28,29)30)35-13-20(32-33-35)15-6-9-23(19(27)11-15)37-16-3-2-10-31-12-16/h1-6,9-13,22H,7-8,14H2. The van der Waals surface area contributed by atoms with Crippen LogP contribution in [0.2, 0.25) is 0 Å². The fraction of sp³-hybridized carbons (Fsp3) is 0.200. The van der Waals surface area contributed by atoms with Crippen LogP contribution in [0.5, 0.6) is 11.5 Å². The minimum Gasteiger partial charge on any atom is -0.453 e. The van der Waals surface area contributed by atoms with Gasteiger partial charge in [-0.25, -0.2) is 13.5 Å². The summed E-state index contributed by atoms with van der Waals surface area (Å²) in [4.78, 5) is 17.7. The molecule has 1 aliphatic heterocycles. The van der Waals surface area contributed by atoms with Crippen LogP contribution in [-0.4, -0.2) is 38.6 Å². The van der Waals surface area contributed by atoms with Gasteiger partial charge in [0.05, 0.1) is 18.1 Å². The van der Waals surface area contributed by atoms with Crippen molar-refractivity contribution in [2.24, 2.45) is 0 Å². The van der Waals surface area contributed by atoms with E-state index in [0.29, 0.717) is 16.2 Å². The smallest absolute Gasteiger partial charge is 0.406 e. The Morgan fingerprint density at radius 3 is 2.62 bits per heavy atom. The summed E-state index contributed by atoms with van der Waals surface area (Å²) in [5.74, 6) is -1.99. The predicted molar refractivity (Wildman–Crippen MR) is 122 cm³/mol. The molecule has 0 saturated heterocycles. The number of pyridine rings is 1. The summed E-state index contributed by atoms with van der Waals surface area (Å²) in [7, 11) is 0. The maximum atomic E-state index is 14.7. The number of rotatable bonds is 5. The van der Waals surface area contributed by atoms with Crippen molar-refractivity contribution in [3.63, 3.8) is 0 Å². The summed E-state index contributed by atoms with van der Waals surface area (Å²) in [6.07, 6.45) is -0.385. The molecular weight excluding hydrogens is 497 g/mol. The number of aromatic nitrogens is 4. The molecule has 3 heterocycles. The van der Waals surface area contributed by atoms with Crippen molar-refractivity contribution >= 4 is 11.6 Å². The third kappa shape index (κ3) is 5.13. The van der Waals surface area contributed by atoms with E-state index >= 15 is 0 Å². The van der Waals surface area contributed by atoms with Crippen molar-refractivity contribution in [1.82, 2.24) is 20.0 Å². The van der Waals surface area contributed by atoms with Crippen molar-refractivity contribution in [3.8, 4) is 22.8 Å². The van der Waals surface area contributed by atoms with Crippen molar-refractivity contribution in [3.05, 3.63) is 84.3 Å². The van der Waals surface area contributed by atoms with Gasteiger partial charge in [-0.15, -0.1) is 5.10 Å². The van der Waals surface area contributed by atoms with E-state index in [4.69, 9.17) is 4.74 Å². The van der Waals surface area contributed by atoms with Gasteiger partial charge in [-0.1, -0.05) is 11.3 Å². The molecule has 2 aromatic carbocycles. The molecule has 1 amide bonds. The normalized spacial score (nSPS) is 15.9. The predicted octanol–water partition coefficient (Wildman–Crippen LogP) is 5.49. The van der Waals surface area contributed by atoms with Gasteiger partial charge < -0.3 is 9.64 Å². The number of fused-ring (bicyclic) bond motifs is 1. The van der Waals surface area contributed by atoms with Gasteiger partial charge in [-0.2, -0.15) is 13.2 Å². The van der Waals surface area contributed by atoms with Crippen molar-refractivity contribution < 1.29 is 31.5 Å². The summed E-state index contributed by atoms with van der Waals surface area (Å²) < 4.78 is 75.7. The van der Waals surface area contributed by atoms with E-state index < -0.39 is 36.3 Å². The molecule has 0 aliphatic carbocycles. The Bertz CT molecular complexity index is 1440. The van der Waals surface area contributed by atoms with Gasteiger partial charge >= 0.3 is 6.18 Å². The molecule has 4 aromatic rings. The maximum absolute atomic E-state index is 14.7. The number of carbonyl (C=O) groups excluding carboxylic acids is 1. The lowest BCUT2D eigenvalue weighted by Gasteiger charge is -2.26. The third-order valence-corrected chi connectivity index (χ3v) is 5.86. The molecule has 0 radical (unpaired) electrons. The van der Waals surface area contributed by atoms with Crippen molar-refractivity contribution in [1.29, 1.82) is 0 Å². The molecule has 12 heteroatoms. The molecule has 1 aliphatic rings. The second-order valence-corrected chi connectivity index (χ2v) is 8.35. The molecule has 190 valence electrons. The van der Waals surface area contributed by atoms with Crippen LogP contribution >= 0.6 is 0 Å². The Balaban J connectivity index is 1.42. The third-order valence-electron chi connectivity index (χ3n) is 5.86. The van der Waals surface area contributed by atoms with E-state index in [9.17, 15) is 26.7 Å². The van der Waals surface area contributed by atoms with Crippen LogP contribution in [0, 0.1) is 11.6 Å². The Hall–Kier alpha value is -4.35. The van der Waals surface area contributed by atoms with Gasteiger partial charge in [0, 0.05) is 17.3 Å². The van der Waals surface area contributed by atoms with Gasteiger partial charge in [0.2, 0.25) is 0 Å². The highest BCUT2D eigenvalue weighted by molar-refractivity contribution is 5.97. The Labute approximate surface area is 207 Å². The number of hydrogen-bond donors (Lipinski definition) is 0. The minimum absolute atomic E-state index is 0.00380. The molecular formula is C25H18F5N5O2. The second-order valence-electron chi connectivity index (χ2n) is 8.35. The highest BCUT2D eigenvalue weighted by Crippen LogP contribution is 2.35. The average molecular weight is 515 g/mol. The summed E-state index contributed by atoms with van der Waals surface area (Å²) in [6.45, 7) is -1.58. The molecule has 2 aromatic heterocycles. The number of benzene rings is 2. The molecule has 7 nitrogen and oxygen atoms in total. The molecule has 1 unspecified atom stereocenters. The molecule has 37 heavy (non-hydrogen) atoms. The first-order valence-electron chi connectivity index (χ1n) is 11.1. The second kappa shape index (κ2) is 9.60. The lowest BCUT2D eigenvalue weighted by Crippen LogP contribution is -2.42. The summed E-state index contributed by atoms with van der Waals surface area (Å²) in [5, 5.41) is 7.90. The monoisotopic (exact) mass is 515 g/mol. The molecule has 5 rings (SSSR count). The first kappa shape index (κ1) is 24.3. The largest absolute Gasteiger partial charge is 0.453 e. The lowest BCUT2D eigenvalue weighted by atomic mass is 10.1. The topological polar surface area (TPSA) is 73.1 Å². The van der Waals surface area contributed by atoms with Gasteiger partial charge in [-0.05, 0) is 55.3 Å². The molecule has 0 saturated carbocycles. The number of nitrogens with zero attached hydrogens (tertiary/aromatic N) is 5. The minimum atomic E-state index is -4.71. The van der Waals surface area contributed by atoms with Crippen molar-refractivity contribution in [2.75, 3.05) is 11.4 Å². The van der Waals surface area contributed by atoms with E-state index in [1.807, 2.05) is 0 Å². The summed E-state index contributed by atoms with van der Waals surface area (Å²) in [6, 6.07) is 9.84. The number of carbonyl (C=O) groups is 1. The van der Waals surface area contributed by atoms with Crippen LogP contribution in [0.25, 0.3) is 11.3 Å². The van der Waals surface area contributed by atoms with Crippen LogP contribution in [-0.2, 0) is 11.2 Å². The van der Waals surface area contributed by atoms with Gasteiger partial charge in [0.25, 0.3) is 5.91 Å². The quantitative estimate of drug-likeness (QED) is 0.329. The molecule has 1 atom stereocenters. The van der Waals surface area contributed by atoms with E-state index in [1.165, 1.54) is 36.7 Å². The van der Waals surface area contributed by atoms with E-state index in [0.717, 1.165) is 16.8 Å². The van der Waals surface area contributed by atoms with E-state index in [-0.39, 0.29) is 35.5 Å². The highest BCUT2D eigenvalue weighted by Gasteiger charge is 2.40. The Kier molecular flexibility index (Phi) is 6.32. The average Bonchev–Trinajstić information content (AvgIpc) is 3.30. The summed E-state index contributed by atoms with van der Waals surface area (Å²) in [5.41, 5.74) is 0.394. The first-order chi connectivity index (χ1) is 17.7. The molecule has 0 N–H and O–H groups in total. The number of halogens is 5. The van der Waals surface area contributed by atoms with Crippen molar-refractivity contribution in [2.45, 2.75) is 25.1 Å². The number of alkyl halides is 3. The van der Waals surface area contributed by atoms with E-state index in [2.05, 4.69) is 15.3 Å². The lowest BCUT2D eigenvalue weighted by molar-refractivity contribution is -0.134. The van der Waals surface area contributed by atoms with E-state index in [1.54, 1.807) is 18.3 Å². The fourth-order valence-corrected chi connectivity index (χ4v) is 4.18. The maximum Gasteiger partial charge on any atom is 0.406 e.